The van der Waals surface area contributed by atoms with Gasteiger partial charge in [-0.05, 0) is 43.4 Å². The molecule has 1 heterocycles. The molecule has 1 aromatic heterocycles. The van der Waals surface area contributed by atoms with E-state index in [4.69, 9.17) is 4.52 Å². The second kappa shape index (κ2) is 13.4. The van der Waals surface area contributed by atoms with Crippen molar-refractivity contribution in [2.24, 2.45) is 10.9 Å². The van der Waals surface area contributed by atoms with Gasteiger partial charge in [0.15, 0.2) is 11.7 Å². The van der Waals surface area contributed by atoms with Crippen LogP contribution in [0.2, 0.25) is 0 Å². The zero-order valence-electron chi connectivity index (χ0n) is 19.3. The van der Waals surface area contributed by atoms with E-state index < -0.39 is 0 Å². The molecule has 1 saturated carbocycles. The van der Waals surface area contributed by atoms with Crippen molar-refractivity contribution in [1.82, 2.24) is 15.8 Å². The topological polar surface area (TPSA) is 91.5 Å². The lowest BCUT2D eigenvalue weighted by Crippen LogP contribution is -2.36. The third kappa shape index (κ3) is 8.11. The predicted octanol–water partition coefficient (Wildman–Crippen LogP) is 5.19. The Labute approximate surface area is 208 Å². The molecule has 1 aromatic carbocycles. The second-order valence-electron chi connectivity index (χ2n) is 8.45. The fourth-order valence-electron chi connectivity index (χ4n) is 3.72. The minimum Gasteiger partial charge on any atom is -0.359 e. The number of carbonyl (C=O) groups is 1. The van der Waals surface area contributed by atoms with Gasteiger partial charge in [-0.2, -0.15) is 0 Å². The fraction of sp³-hybridized carbons (Fsp3) is 0.542. The smallest absolute Gasteiger partial charge is 0.227 e. The Morgan fingerprint density at radius 3 is 2.66 bits per heavy atom. The molecule has 0 aliphatic heterocycles. The minimum absolute atomic E-state index is 0. The Kier molecular flexibility index (Phi) is 11.0. The van der Waals surface area contributed by atoms with E-state index in [0.29, 0.717) is 25.0 Å². The Bertz CT molecular complexity index is 875. The number of carbonyl (C=O) groups excluding carboxylic acids is 1. The summed E-state index contributed by atoms with van der Waals surface area (Å²) in [5, 5.41) is 13.7. The highest BCUT2D eigenvalue weighted by molar-refractivity contribution is 14.0. The standard InChI is InChI=1S/C24H35N5O2.HI/c1-4-25-24(27-16-21-14-22(17(2)3)29-31-21)26-15-18-9-8-12-20(13-18)28-23(30)19-10-6-5-7-11-19;/h8-9,12-14,17,19H,4-7,10-11,15-16H2,1-3H3,(H,28,30)(H2,25,26,27);1H. The average molecular weight is 553 g/mol. The Hall–Kier alpha value is -2.10. The second-order valence-corrected chi connectivity index (χ2v) is 8.45. The summed E-state index contributed by atoms with van der Waals surface area (Å²) in [7, 11) is 0. The van der Waals surface area contributed by atoms with E-state index >= 15 is 0 Å². The van der Waals surface area contributed by atoms with E-state index in [2.05, 4.69) is 39.9 Å². The van der Waals surface area contributed by atoms with Crippen LogP contribution < -0.4 is 16.0 Å². The number of nitrogens with zero attached hydrogens (tertiary/aromatic N) is 2. The van der Waals surface area contributed by atoms with Gasteiger partial charge in [-0.25, -0.2) is 4.99 Å². The van der Waals surface area contributed by atoms with Gasteiger partial charge in [0, 0.05) is 24.2 Å². The molecular weight excluding hydrogens is 517 g/mol. The summed E-state index contributed by atoms with van der Waals surface area (Å²) in [6.45, 7) is 8.00. The monoisotopic (exact) mass is 553 g/mol. The predicted molar refractivity (Wildman–Crippen MR) is 139 cm³/mol. The highest BCUT2D eigenvalue weighted by Crippen LogP contribution is 2.25. The first-order chi connectivity index (χ1) is 15.0. The van der Waals surface area contributed by atoms with Crippen molar-refractivity contribution < 1.29 is 9.32 Å². The number of nitrogens with one attached hydrogen (secondary N) is 3. The summed E-state index contributed by atoms with van der Waals surface area (Å²) in [5.74, 6) is 2.11. The van der Waals surface area contributed by atoms with Gasteiger partial charge in [-0.1, -0.05) is 50.4 Å². The molecule has 1 aliphatic carbocycles. The lowest BCUT2D eigenvalue weighted by Gasteiger charge is -2.20. The maximum Gasteiger partial charge on any atom is 0.227 e. The van der Waals surface area contributed by atoms with Gasteiger partial charge in [-0.3, -0.25) is 4.79 Å². The Balaban J connectivity index is 0.00000363. The van der Waals surface area contributed by atoms with Crippen LogP contribution in [0.5, 0.6) is 0 Å². The van der Waals surface area contributed by atoms with Crippen LogP contribution in [-0.2, 0) is 17.9 Å². The van der Waals surface area contributed by atoms with Crippen LogP contribution in [0.1, 0.15) is 75.8 Å². The molecule has 0 spiro atoms. The zero-order chi connectivity index (χ0) is 22.1. The third-order valence-electron chi connectivity index (χ3n) is 5.53. The number of halogens is 1. The van der Waals surface area contributed by atoms with Crippen molar-refractivity contribution in [3.8, 4) is 0 Å². The van der Waals surface area contributed by atoms with E-state index in [-0.39, 0.29) is 35.8 Å². The van der Waals surface area contributed by atoms with E-state index in [1.54, 1.807) is 0 Å². The van der Waals surface area contributed by atoms with E-state index in [1.807, 2.05) is 37.3 Å². The maximum atomic E-state index is 12.5. The number of amides is 1. The van der Waals surface area contributed by atoms with Crippen molar-refractivity contribution in [2.75, 3.05) is 11.9 Å². The summed E-state index contributed by atoms with van der Waals surface area (Å²) in [6, 6.07) is 9.89. The van der Waals surface area contributed by atoms with Gasteiger partial charge in [0.05, 0.1) is 18.8 Å². The van der Waals surface area contributed by atoms with Gasteiger partial charge < -0.3 is 20.5 Å². The van der Waals surface area contributed by atoms with Crippen LogP contribution >= 0.6 is 24.0 Å². The number of hydrogen-bond acceptors (Lipinski definition) is 4. The summed E-state index contributed by atoms with van der Waals surface area (Å²) in [4.78, 5) is 17.2. The number of aromatic nitrogens is 1. The largest absolute Gasteiger partial charge is 0.359 e. The van der Waals surface area contributed by atoms with Crippen molar-refractivity contribution in [2.45, 2.75) is 71.9 Å². The molecule has 0 atom stereocenters. The number of hydrogen-bond donors (Lipinski definition) is 3. The summed E-state index contributed by atoms with van der Waals surface area (Å²) >= 11 is 0. The lowest BCUT2D eigenvalue weighted by molar-refractivity contribution is -0.120. The Morgan fingerprint density at radius 1 is 1.19 bits per heavy atom. The van der Waals surface area contributed by atoms with Gasteiger partial charge in [0.1, 0.15) is 0 Å². The summed E-state index contributed by atoms with van der Waals surface area (Å²) < 4.78 is 5.38. The molecule has 32 heavy (non-hydrogen) atoms. The van der Waals surface area contributed by atoms with Crippen LogP contribution in [0.3, 0.4) is 0 Å². The van der Waals surface area contributed by atoms with Crippen LogP contribution in [-0.4, -0.2) is 23.6 Å². The van der Waals surface area contributed by atoms with Crippen LogP contribution in [0.15, 0.2) is 39.8 Å². The molecule has 3 rings (SSSR count). The fourth-order valence-corrected chi connectivity index (χ4v) is 3.72. The Morgan fingerprint density at radius 2 is 1.97 bits per heavy atom. The summed E-state index contributed by atoms with van der Waals surface area (Å²) in [6.07, 6.45) is 5.54. The number of rotatable bonds is 8. The van der Waals surface area contributed by atoms with Crippen LogP contribution in [0.4, 0.5) is 5.69 Å². The molecule has 0 saturated heterocycles. The third-order valence-corrected chi connectivity index (χ3v) is 5.53. The zero-order valence-corrected chi connectivity index (χ0v) is 21.6. The van der Waals surface area contributed by atoms with Crippen LogP contribution in [0.25, 0.3) is 0 Å². The molecule has 1 amide bonds. The number of guanidine groups is 1. The molecule has 2 aromatic rings. The van der Waals surface area contributed by atoms with E-state index in [1.165, 1.54) is 6.42 Å². The molecule has 0 bridgehead atoms. The van der Waals surface area contributed by atoms with Crippen molar-refractivity contribution in [1.29, 1.82) is 0 Å². The molecule has 7 nitrogen and oxygen atoms in total. The number of anilines is 1. The van der Waals surface area contributed by atoms with Gasteiger partial charge in [0.25, 0.3) is 0 Å². The molecule has 176 valence electrons. The molecule has 3 N–H and O–H groups in total. The quantitative estimate of drug-likeness (QED) is 0.238. The maximum absolute atomic E-state index is 12.5. The van der Waals surface area contributed by atoms with Crippen molar-refractivity contribution >= 4 is 41.5 Å². The molecular formula is C24H36IN5O2. The van der Waals surface area contributed by atoms with Gasteiger partial charge >= 0.3 is 0 Å². The first-order valence-corrected chi connectivity index (χ1v) is 11.4. The van der Waals surface area contributed by atoms with Crippen molar-refractivity contribution in [3.05, 3.63) is 47.3 Å². The van der Waals surface area contributed by atoms with E-state index in [0.717, 1.165) is 54.9 Å². The SMILES string of the molecule is CCNC(=NCc1cccc(NC(=O)C2CCCCC2)c1)NCc1cc(C(C)C)no1.I. The molecule has 0 radical (unpaired) electrons. The number of benzene rings is 1. The first kappa shape index (κ1) is 26.2. The van der Waals surface area contributed by atoms with Crippen molar-refractivity contribution in [3.63, 3.8) is 0 Å². The first-order valence-electron chi connectivity index (χ1n) is 11.4. The molecule has 1 fully saturated rings. The van der Waals surface area contributed by atoms with Gasteiger partial charge in [-0.15, -0.1) is 24.0 Å². The average Bonchev–Trinajstić information content (AvgIpc) is 3.26. The lowest BCUT2D eigenvalue weighted by atomic mass is 9.88. The van der Waals surface area contributed by atoms with E-state index in [9.17, 15) is 4.79 Å². The summed E-state index contributed by atoms with van der Waals surface area (Å²) in [5.41, 5.74) is 2.83. The highest BCUT2D eigenvalue weighted by Gasteiger charge is 2.21. The van der Waals surface area contributed by atoms with Gasteiger partial charge in [0.2, 0.25) is 5.91 Å². The molecule has 1 aliphatic rings. The highest BCUT2D eigenvalue weighted by atomic mass is 127. The molecule has 0 unspecified atom stereocenters. The normalized spacial score (nSPS) is 14.7. The molecule has 8 heteroatoms. The minimum atomic E-state index is 0. The number of aliphatic imine (C=N–C) groups is 1. The van der Waals surface area contributed by atoms with Crippen LogP contribution in [0, 0.1) is 5.92 Å².